The standard InChI is InChI=1S/C20H35N5O9/c1-4-9(2)15(19(32)25-16(10(3)26)20(33)34)24-18(31)12(6-7-13(22)27)23-17(30)11(21)5-8-14(28)29/h9-12,15-16,26H,4-8,21H2,1-3H3,(H2,22,27)(H,23,30)(H,24,31)(H,25,32)(H,28,29)(H,33,34). The first kappa shape index (κ1) is 30.7. The van der Waals surface area contributed by atoms with Crippen LogP contribution < -0.4 is 27.4 Å². The minimum Gasteiger partial charge on any atom is -0.481 e. The molecule has 4 amide bonds. The van der Waals surface area contributed by atoms with E-state index in [1.54, 1.807) is 13.8 Å². The third-order valence-electron chi connectivity index (χ3n) is 5.16. The molecule has 0 aliphatic heterocycles. The van der Waals surface area contributed by atoms with E-state index in [0.717, 1.165) is 0 Å². The van der Waals surface area contributed by atoms with Gasteiger partial charge in [0.1, 0.15) is 12.1 Å². The first-order chi connectivity index (χ1) is 15.7. The summed E-state index contributed by atoms with van der Waals surface area (Å²) in [5.41, 5.74) is 10.8. The molecule has 0 spiro atoms. The largest absolute Gasteiger partial charge is 0.481 e. The molecule has 0 bridgehead atoms. The van der Waals surface area contributed by atoms with Crippen molar-refractivity contribution in [2.75, 3.05) is 0 Å². The maximum Gasteiger partial charge on any atom is 0.328 e. The van der Waals surface area contributed by atoms with Gasteiger partial charge in [-0.1, -0.05) is 20.3 Å². The molecule has 0 rings (SSSR count). The third kappa shape index (κ3) is 11.0. The summed E-state index contributed by atoms with van der Waals surface area (Å²) in [4.78, 5) is 71.1. The molecule has 0 aliphatic rings. The fraction of sp³-hybridized carbons (Fsp3) is 0.700. The van der Waals surface area contributed by atoms with Crippen LogP contribution in [0.3, 0.4) is 0 Å². The second-order valence-electron chi connectivity index (χ2n) is 8.04. The molecule has 0 aromatic carbocycles. The number of carboxylic acids is 2. The quantitative estimate of drug-likeness (QED) is 0.112. The van der Waals surface area contributed by atoms with E-state index >= 15 is 0 Å². The number of aliphatic carboxylic acids is 2. The molecule has 0 aliphatic carbocycles. The molecule has 0 saturated heterocycles. The lowest BCUT2D eigenvalue weighted by Crippen LogP contribution is -2.59. The summed E-state index contributed by atoms with van der Waals surface area (Å²) in [5, 5.41) is 34.5. The molecule has 10 N–H and O–H groups in total. The Kier molecular flexibility index (Phi) is 13.4. The monoisotopic (exact) mass is 489 g/mol. The van der Waals surface area contributed by atoms with Crippen molar-refractivity contribution in [2.45, 2.75) is 83.1 Å². The van der Waals surface area contributed by atoms with Crippen LogP contribution in [0.5, 0.6) is 0 Å². The van der Waals surface area contributed by atoms with Crippen LogP contribution in [0.1, 0.15) is 52.9 Å². The van der Waals surface area contributed by atoms with Gasteiger partial charge in [0.25, 0.3) is 0 Å². The SMILES string of the molecule is CCC(C)C(NC(=O)C(CCC(N)=O)NC(=O)C(N)CCC(=O)O)C(=O)NC(C(=O)O)C(C)O. The van der Waals surface area contributed by atoms with Gasteiger partial charge in [-0.25, -0.2) is 4.79 Å². The second kappa shape index (κ2) is 14.8. The Morgan fingerprint density at radius 1 is 0.824 bits per heavy atom. The predicted octanol–water partition coefficient (Wildman–Crippen LogP) is -2.59. The molecular weight excluding hydrogens is 454 g/mol. The Bertz CT molecular complexity index is 759. The average molecular weight is 490 g/mol. The molecule has 0 aromatic rings. The van der Waals surface area contributed by atoms with Crippen molar-refractivity contribution >= 4 is 35.6 Å². The van der Waals surface area contributed by atoms with Crippen LogP contribution in [0.25, 0.3) is 0 Å². The zero-order valence-corrected chi connectivity index (χ0v) is 19.4. The minimum absolute atomic E-state index is 0.195. The highest BCUT2D eigenvalue weighted by Gasteiger charge is 2.34. The summed E-state index contributed by atoms with van der Waals surface area (Å²) in [5.74, 6) is -6.42. The Balaban J connectivity index is 5.59. The Labute approximate surface area is 196 Å². The van der Waals surface area contributed by atoms with Crippen molar-refractivity contribution in [1.29, 1.82) is 0 Å². The number of nitrogens with one attached hydrogen (secondary N) is 3. The molecule has 0 radical (unpaired) electrons. The molecule has 0 fully saturated rings. The maximum absolute atomic E-state index is 12.9. The van der Waals surface area contributed by atoms with Gasteiger partial charge in [0.05, 0.1) is 12.1 Å². The molecule has 0 saturated carbocycles. The summed E-state index contributed by atoms with van der Waals surface area (Å²) in [7, 11) is 0. The number of hydrogen-bond acceptors (Lipinski definition) is 8. The number of carbonyl (C=O) groups is 6. The Morgan fingerprint density at radius 3 is 1.82 bits per heavy atom. The van der Waals surface area contributed by atoms with Gasteiger partial charge in [-0.3, -0.25) is 24.0 Å². The van der Waals surface area contributed by atoms with Crippen molar-refractivity contribution in [3.63, 3.8) is 0 Å². The van der Waals surface area contributed by atoms with Crippen LogP contribution in [0, 0.1) is 5.92 Å². The molecule has 6 unspecified atom stereocenters. The lowest BCUT2D eigenvalue weighted by atomic mass is 9.96. The second-order valence-corrected chi connectivity index (χ2v) is 8.04. The van der Waals surface area contributed by atoms with Crippen LogP contribution in [0.2, 0.25) is 0 Å². The first-order valence-electron chi connectivity index (χ1n) is 10.8. The van der Waals surface area contributed by atoms with Gasteiger partial charge in [-0.05, 0) is 25.7 Å². The molecule has 0 aromatic heterocycles. The van der Waals surface area contributed by atoms with Crippen LogP contribution in [0.4, 0.5) is 0 Å². The van der Waals surface area contributed by atoms with Crippen molar-refractivity contribution < 1.29 is 44.1 Å². The number of nitrogens with two attached hydrogens (primary N) is 2. The Morgan fingerprint density at radius 2 is 1.38 bits per heavy atom. The zero-order valence-electron chi connectivity index (χ0n) is 19.4. The van der Waals surface area contributed by atoms with Gasteiger partial charge in [0, 0.05) is 12.8 Å². The van der Waals surface area contributed by atoms with Gasteiger partial charge in [-0.15, -0.1) is 0 Å². The van der Waals surface area contributed by atoms with E-state index < -0.39 is 71.8 Å². The molecule has 6 atom stereocenters. The van der Waals surface area contributed by atoms with Crippen LogP contribution >= 0.6 is 0 Å². The number of aliphatic hydroxyl groups is 1. The van der Waals surface area contributed by atoms with Crippen LogP contribution in [-0.4, -0.2) is 81.2 Å². The number of hydrogen-bond donors (Lipinski definition) is 8. The molecule has 0 heterocycles. The fourth-order valence-corrected chi connectivity index (χ4v) is 2.83. The third-order valence-corrected chi connectivity index (χ3v) is 5.16. The molecular formula is C20H35N5O9. The summed E-state index contributed by atoms with van der Waals surface area (Å²) >= 11 is 0. The Hall–Kier alpha value is -3.26. The smallest absolute Gasteiger partial charge is 0.328 e. The average Bonchev–Trinajstić information content (AvgIpc) is 2.74. The molecule has 194 valence electrons. The van der Waals surface area contributed by atoms with Crippen LogP contribution in [0.15, 0.2) is 0 Å². The lowest BCUT2D eigenvalue weighted by molar-refractivity contribution is -0.145. The van der Waals surface area contributed by atoms with Gasteiger partial charge >= 0.3 is 11.9 Å². The van der Waals surface area contributed by atoms with Gasteiger partial charge in [0.15, 0.2) is 6.04 Å². The number of aliphatic hydroxyl groups excluding tert-OH is 1. The highest BCUT2D eigenvalue weighted by Crippen LogP contribution is 2.11. The van der Waals surface area contributed by atoms with E-state index in [1.807, 2.05) is 0 Å². The fourth-order valence-electron chi connectivity index (χ4n) is 2.83. The lowest BCUT2D eigenvalue weighted by Gasteiger charge is -2.28. The number of rotatable bonds is 16. The van der Waals surface area contributed by atoms with E-state index in [-0.39, 0.29) is 25.7 Å². The summed E-state index contributed by atoms with van der Waals surface area (Å²) < 4.78 is 0. The van der Waals surface area contributed by atoms with E-state index in [2.05, 4.69) is 16.0 Å². The normalized spacial score (nSPS) is 16.1. The van der Waals surface area contributed by atoms with E-state index in [4.69, 9.17) is 16.6 Å². The summed E-state index contributed by atoms with van der Waals surface area (Å²) in [6, 6.07) is -5.42. The van der Waals surface area contributed by atoms with E-state index in [0.29, 0.717) is 6.42 Å². The zero-order chi connectivity index (χ0) is 26.6. The molecule has 34 heavy (non-hydrogen) atoms. The molecule has 14 heteroatoms. The van der Waals surface area contributed by atoms with Crippen molar-refractivity contribution in [3.8, 4) is 0 Å². The van der Waals surface area contributed by atoms with Gasteiger partial charge in [-0.2, -0.15) is 0 Å². The van der Waals surface area contributed by atoms with Gasteiger partial charge < -0.3 is 42.7 Å². The highest BCUT2D eigenvalue weighted by molar-refractivity contribution is 5.94. The molecule has 14 nitrogen and oxygen atoms in total. The predicted molar refractivity (Wildman–Crippen MR) is 118 cm³/mol. The van der Waals surface area contributed by atoms with Gasteiger partial charge in [0.2, 0.25) is 23.6 Å². The van der Waals surface area contributed by atoms with Crippen molar-refractivity contribution in [2.24, 2.45) is 17.4 Å². The highest BCUT2D eigenvalue weighted by atomic mass is 16.4. The van der Waals surface area contributed by atoms with E-state index in [1.165, 1.54) is 6.92 Å². The summed E-state index contributed by atoms with van der Waals surface area (Å²) in [6.45, 7) is 4.54. The first-order valence-corrected chi connectivity index (χ1v) is 10.8. The number of carboxylic acid groups (broad SMARTS) is 2. The maximum atomic E-state index is 12.9. The van der Waals surface area contributed by atoms with Crippen molar-refractivity contribution in [3.05, 3.63) is 0 Å². The topological polar surface area (TPSA) is 251 Å². The minimum atomic E-state index is -1.62. The number of amides is 4. The summed E-state index contributed by atoms with van der Waals surface area (Å²) in [6.07, 6.45) is -2.09. The number of carbonyl (C=O) groups excluding carboxylic acids is 4. The van der Waals surface area contributed by atoms with Crippen molar-refractivity contribution in [1.82, 2.24) is 16.0 Å². The number of primary amides is 1. The van der Waals surface area contributed by atoms with E-state index in [9.17, 15) is 39.0 Å². The van der Waals surface area contributed by atoms with Crippen LogP contribution in [-0.2, 0) is 28.8 Å².